The molecule has 0 fully saturated rings. The van der Waals surface area contributed by atoms with Gasteiger partial charge in [-0.3, -0.25) is 0 Å². The van der Waals surface area contributed by atoms with Crippen molar-refractivity contribution in [2.75, 3.05) is 11.9 Å². The van der Waals surface area contributed by atoms with Crippen LogP contribution in [0.25, 0.3) is 0 Å². The van der Waals surface area contributed by atoms with Crippen LogP contribution in [0.15, 0.2) is 40.3 Å². The van der Waals surface area contributed by atoms with Crippen LogP contribution in [0, 0.1) is 17.5 Å². The molecule has 19 heavy (non-hydrogen) atoms. The summed E-state index contributed by atoms with van der Waals surface area (Å²) in [6, 6.07) is 6.70. The van der Waals surface area contributed by atoms with Gasteiger partial charge in [-0.05, 0) is 19.1 Å². The number of hydrogen-bond donors (Lipinski definition) is 1. The Morgan fingerprint density at radius 1 is 1.11 bits per heavy atom. The molecular formula is C13H11F3N2S. The van der Waals surface area contributed by atoms with Crippen molar-refractivity contribution in [3.8, 4) is 0 Å². The smallest absolute Gasteiger partial charge is 0.168 e. The summed E-state index contributed by atoms with van der Waals surface area (Å²) in [5.41, 5.74) is 0. The molecule has 0 bridgehead atoms. The molecule has 0 spiro atoms. The van der Waals surface area contributed by atoms with Crippen molar-refractivity contribution >= 4 is 17.6 Å². The predicted molar refractivity (Wildman–Crippen MR) is 68.8 cm³/mol. The molecule has 1 heterocycles. The molecule has 1 aromatic carbocycles. The first-order valence-electron chi connectivity index (χ1n) is 5.64. The molecule has 0 saturated carbocycles. The highest BCUT2D eigenvalue weighted by molar-refractivity contribution is 7.99. The molecule has 0 atom stereocenters. The summed E-state index contributed by atoms with van der Waals surface area (Å²) in [6.07, 6.45) is 0. The Kier molecular flexibility index (Phi) is 4.31. The van der Waals surface area contributed by atoms with Crippen molar-refractivity contribution in [2.45, 2.75) is 16.8 Å². The van der Waals surface area contributed by atoms with Gasteiger partial charge in [-0.15, -0.1) is 0 Å². The first-order valence-corrected chi connectivity index (χ1v) is 6.45. The third-order valence-electron chi connectivity index (χ3n) is 2.28. The summed E-state index contributed by atoms with van der Waals surface area (Å²) in [7, 11) is 0. The van der Waals surface area contributed by atoms with Crippen LogP contribution in [0.2, 0.25) is 0 Å². The van der Waals surface area contributed by atoms with Crippen molar-refractivity contribution in [3.05, 3.63) is 47.8 Å². The van der Waals surface area contributed by atoms with Gasteiger partial charge in [0.25, 0.3) is 0 Å². The molecule has 0 saturated heterocycles. The molecule has 1 N–H and O–H groups in total. The molecule has 0 amide bonds. The van der Waals surface area contributed by atoms with Gasteiger partial charge in [0.15, 0.2) is 17.5 Å². The number of nitrogens with one attached hydrogen (secondary N) is 1. The zero-order valence-corrected chi connectivity index (χ0v) is 10.9. The summed E-state index contributed by atoms with van der Waals surface area (Å²) >= 11 is 0.822. The Hall–Kier alpha value is -1.69. The van der Waals surface area contributed by atoms with Gasteiger partial charge in [0.1, 0.15) is 10.8 Å². The second kappa shape index (κ2) is 5.97. The lowest BCUT2D eigenvalue weighted by Gasteiger charge is -2.08. The fourth-order valence-corrected chi connectivity index (χ4v) is 2.26. The maximum absolute atomic E-state index is 13.6. The minimum Gasteiger partial charge on any atom is -0.368 e. The van der Waals surface area contributed by atoms with E-state index in [-0.39, 0.29) is 15.7 Å². The average Bonchev–Trinajstić information content (AvgIpc) is 2.38. The Labute approximate surface area is 113 Å². The van der Waals surface area contributed by atoms with Crippen LogP contribution >= 0.6 is 11.8 Å². The topological polar surface area (TPSA) is 24.9 Å². The molecule has 2 rings (SSSR count). The highest BCUT2D eigenvalue weighted by Gasteiger charge is 2.14. The Morgan fingerprint density at radius 3 is 2.53 bits per heavy atom. The number of hydrogen-bond acceptors (Lipinski definition) is 3. The Balaban J connectivity index is 2.34. The Bertz CT molecular complexity index is 590. The van der Waals surface area contributed by atoms with E-state index in [4.69, 9.17) is 0 Å². The van der Waals surface area contributed by atoms with Crippen molar-refractivity contribution in [1.82, 2.24) is 4.98 Å². The lowest BCUT2D eigenvalue weighted by atomic mass is 10.3. The van der Waals surface area contributed by atoms with Crippen LogP contribution in [0.1, 0.15) is 6.92 Å². The summed E-state index contributed by atoms with van der Waals surface area (Å²) < 4.78 is 40.5. The largest absolute Gasteiger partial charge is 0.368 e. The van der Waals surface area contributed by atoms with Crippen LogP contribution in [-0.4, -0.2) is 11.5 Å². The van der Waals surface area contributed by atoms with Gasteiger partial charge in [0, 0.05) is 17.5 Å². The first kappa shape index (κ1) is 13.7. The van der Waals surface area contributed by atoms with E-state index in [0.29, 0.717) is 6.54 Å². The van der Waals surface area contributed by atoms with Crippen molar-refractivity contribution in [2.24, 2.45) is 0 Å². The van der Waals surface area contributed by atoms with Crippen LogP contribution in [0.4, 0.5) is 19.0 Å². The number of rotatable bonds is 4. The van der Waals surface area contributed by atoms with E-state index in [9.17, 15) is 13.2 Å². The normalized spacial score (nSPS) is 10.5. The minimum absolute atomic E-state index is 0.0391. The van der Waals surface area contributed by atoms with E-state index in [1.54, 1.807) is 13.0 Å². The van der Waals surface area contributed by atoms with E-state index < -0.39 is 17.5 Å². The summed E-state index contributed by atoms with van der Waals surface area (Å²) in [5.74, 6) is -2.09. The molecule has 0 radical (unpaired) electrons. The van der Waals surface area contributed by atoms with Gasteiger partial charge in [-0.1, -0.05) is 23.9 Å². The van der Waals surface area contributed by atoms with Gasteiger partial charge in [-0.25, -0.2) is 18.2 Å². The highest BCUT2D eigenvalue weighted by atomic mass is 32.2. The van der Waals surface area contributed by atoms with Crippen molar-refractivity contribution in [1.29, 1.82) is 0 Å². The van der Waals surface area contributed by atoms with Crippen molar-refractivity contribution in [3.63, 3.8) is 0 Å². The zero-order valence-electron chi connectivity index (χ0n) is 10.1. The van der Waals surface area contributed by atoms with E-state index in [2.05, 4.69) is 10.3 Å². The maximum atomic E-state index is 13.6. The number of nitrogens with zero attached hydrogens (tertiary/aromatic N) is 1. The molecule has 6 heteroatoms. The van der Waals surface area contributed by atoms with Gasteiger partial charge in [-0.2, -0.15) is 0 Å². The zero-order chi connectivity index (χ0) is 13.8. The van der Waals surface area contributed by atoms with Crippen LogP contribution in [-0.2, 0) is 0 Å². The van der Waals surface area contributed by atoms with Crippen LogP contribution in [0.5, 0.6) is 0 Å². The van der Waals surface area contributed by atoms with E-state index in [1.807, 2.05) is 0 Å². The van der Waals surface area contributed by atoms with Gasteiger partial charge in [0.2, 0.25) is 0 Å². The van der Waals surface area contributed by atoms with Crippen molar-refractivity contribution < 1.29 is 13.2 Å². The molecule has 2 aromatic rings. The number of anilines is 1. The summed E-state index contributed by atoms with van der Waals surface area (Å²) in [4.78, 5) is 4.07. The van der Waals surface area contributed by atoms with Gasteiger partial charge in [0.05, 0.1) is 0 Å². The first-order chi connectivity index (χ1) is 9.11. The fraction of sp³-hybridized carbons (Fsp3) is 0.154. The van der Waals surface area contributed by atoms with Crippen LogP contribution < -0.4 is 5.32 Å². The summed E-state index contributed by atoms with van der Waals surface area (Å²) in [5, 5.41) is 2.62. The second-order valence-electron chi connectivity index (χ2n) is 3.67. The summed E-state index contributed by atoms with van der Waals surface area (Å²) in [6.45, 7) is 2.23. The average molecular weight is 284 g/mol. The molecule has 0 aliphatic heterocycles. The second-order valence-corrected chi connectivity index (χ2v) is 4.70. The number of pyridine rings is 1. The van der Waals surface area contributed by atoms with Gasteiger partial charge >= 0.3 is 0 Å². The number of aromatic nitrogens is 1. The lowest BCUT2D eigenvalue weighted by molar-refractivity contribution is 0.550. The third kappa shape index (κ3) is 3.20. The molecule has 0 aliphatic carbocycles. The SMILES string of the molecule is CCNc1nc(Sc2ccccc2F)c(F)cc1F. The third-order valence-corrected chi connectivity index (χ3v) is 3.32. The molecule has 0 unspecified atom stereocenters. The van der Waals surface area contributed by atoms with Crippen LogP contribution in [0.3, 0.4) is 0 Å². The predicted octanol–water partition coefficient (Wildman–Crippen LogP) is 4.08. The fourth-order valence-electron chi connectivity index (χ4n) is 1.44. The van der Waals surface area contributed by atoms with E-state index in [1.165, 1.54) is 18.2 Å². The standard InChI is InChI=1S/C13H11F3N2S/c1-2-17-12-9(15)7-10(16)13(18-12)19-11-6-4-3-5-8(11)14/h3-7H,2H2,1H3,(H,17,18). The lowest BCUT2D eigenvalue weighted by Crippen LogP contribution is -2.04. The molecule has 100 valence electrons. The molecule has 2 nitrogen and oxygen atoms in total. The molecular weight excluding hydrogens is 273 g/mol. The maximum Gasteiger partial charge on any atom is 0.168 e. The monoisotopic (exact) mass is 284 g/mol. The molecule has 1 aromatic heterocycles. The van der Waals surface area contributed by atoms with E-state index >= 15 is 0 Å². The highest BCUT2D eigenvalue weighted by Crippen LogP contribution is 2.31. The number of halogens is 3. The number of benzene rings is 1. The minimum atomic E-state index is -0.813. The Morgan fingerprint density at radius 2 is 1.84 bits per heavy atom. The molecule has 0 aliphatic rings. The quantitative estimate of drug-likeness (QED) is 0.915. The van der Waals surface area contributed by atoms with E-state index in [0.717, 1.165) is 17.8 Å². The van der Waals surface area contributed by atoms with Gasteiger partial charge < -0.3 is 5.32 Å².